The van der Waals surface area contributed by atoms with Crippen LogP contribution in [0.5, 0.6) is 0 Å². The molecule has 36 heavy (non-hydrogen) atoms. The number of hydrogen-bond acceptors (Lipinski definition) is 7. The van der Waals surface area contributed by atoms with Crippen molar-refractivity contribution in [2.24, 2.45) is 0 Å². The van der Waals surface area contributed by atoms with Crippen molar-refractivity contribution < 1.29 is 19.1 Å². The molecule has 9 heteroatoms. The highest BCUT2D eigenvalue weighted by Crippen LogP contribution is 2.41. The summed E-state index contributed by atoms with van der Waals surface area (Å²) in [4.78, 5) is 44.8. The summed E-state index contributed by atoms with van der Waals surface area (Å²) in [6, 6.07) is 16.0. The van der Waals surface area contributed by atoms with E-state index in [0.717, 1.165) is 10.9 Å². The Balaban J connectivity index is 1.54. The fourth-order valence-corrected chi connectivity index (χ4v) is 5.47. The van der Waals surface area contributed by atoms with Gasteiger partial charge in [-0.3, -0.25) is 4.79 Å². The van der Waals surface area contributed by atoms with E-state index in [9.17, 15) is 14.4 Å². The van der Waals surface area contributed by atoms with Gasteiger partial charge < -0.3 is 19.8 Å². The van der Waals surface area contributed by atoms with Crippen LogP contribution in [0.25, 0.3) is 22.3 Å². The van der Waals surface area contributed by atoms with Crippen LogP contribution in [0.1, 0.15) is 40.4 Å². The maximum atomic E-state index is 13.6. The topological polar surface area (TPSA) is 114 Å². The molecule has 0 radical (unpaired) electrons. The second-order valence-electron chi connectivity index (χ2n) is 8.85. The zero-order chi connectivity index (χ0) is 25.2. The van der Waals surface area contributed by atoms with E-state index in [1.54, 1.807) is 47.9 Å². The number of carbonyl (C=O) groups is 2. The molecule has 6 rings (SSSR count). The van der Waals surface area contributed by atoms with Gasteiger partial charge in [-0.05, 0) is 58.7 Å². The van der Waals surface area contributed by atoms with E-state index in [1.807, 2.05) is 18.2 Å². The van der Waals surface area contributed by atoms with Gasteiger partial charge in [0.05, 0.1) is 34.6 Å². The average molecular weight is 546 g/mol. The molecule has 2 aromatic carbocycles. The standard InChI is InChI=1S/C27H20BrN3O5/c1-2-27(36-25(33)15-6-3-4-7-19(15)28)18-11-22-23-14(10-16-20(29)8-5-9-21(16)30-23)12-31(22)24(32)17(18)13-35-26(27)34/h3-11H,2,12-13,29H2,1H3/t27-/m0/s1. The second-order valence-corrected chi connectivity index (χ2v) is 9.70. The lowest BCUT2D eigenvalue weighted by molar-refractivity contribution is -0.173. The molecule has 2 aliphatic heterocycles. The van der Waals surface area contributed by atoms with Gasteiger partial charge in [0.25, 0.3) is 5.56 Å². The summed E-state index contributed by atoms with van der Waals surface area (Å²) in [6.45, 7) is 1.84. The molecule has 8 nitrogen and oxygen atoms in total. The third-order valence-corrected chi connectivity index (χ3v) is 7.61. The van der Waals surface area contributed by atoms with Crippen LogP contribution in [-0.4, -0.2) is 21.5 Å². The summed E-state index contributed by atoms with van der Waals surface area (Å²) in [5.74, 6) is -1.41. The molecule has 4 heterocycles. The van der Waals surface area contributed by atoms with Gasteiger partial charge in [-0.15, -0.1) is 0 Å². The lowest BCUT2D eigenvalue weighted by atomic mass is 9.85. The number of rotatable bonds is 3. The minimum absolute atomic E-state index is 0.0897. The number of aromatic nitrogens is 2. The van der Waals surface area contributed by atoms with E-state index in [-0.39, 0.29) is 29.7 Å². The Bertz CT molecular complexity index is 1680. The van der Waals surface area contributed by atoms with Gasteiger partial charge in [-0.25, -0.2) is 14.6 Å². The first-order chi connectivity index (χ1) is 17.3. The average Bonchev–Trinajstić information content (AvgIpc) is 3.23. The summed E-state index contributed by atoms with van der Waals surface area (Å²) in [5.41, 5.74) is 8.30. The first-order valence-electron chi connectivity index (χ1n) is 11.4. The van der Waals surface area contributed by atoms with Crippen LogP contribution >= 0.6 is 15.9 Å². The number of anilines is 1. The van der Waals surface area contributed by atoms with Crippen LogP contribution in [0.2, 0.25) is 0 Å². The number of ether oxygens (including phenoxy) is 2. The molecule has 0 unspecified atom stereocenters. The monoisotopic (exact) mass is 545 g/mol. The summed E-state index contributed by atoms with van der Waals surface area (Å²) in [7, 11) is 0. The summed E-state index contributed by atoms with van der Waals surface area (Å²) < 4.78 is 13.4. The SMILES string of the molecule is CC[C@@]1(OC(=O)c2ccccc2Br)C(=O)OCc2c1cc1n(c2=O)Cc2cc3c(N)cccc3nc2-1. The summed E-state index contributed by atoms with van der Waals surface area (Å²) >= 11 is 3.36. The highest BCUT2D eigenvalue weighted by Gasteiger charge is 2.50. The Morgan fingerprint density at radius 2 is 2.00 bits per heavy atom. The second kappa shape index (κ2) is 8.03. The molecular formula is C27H20BrN3O5. The van der Waals surface area contributed by atoms with Gasteiger partial charge >= 0.3 is 11.9 Å². The molecule has 0 spiro atoms. The molecule has 0 amide bonds. The number of fused-ring (bicyclic) bond motifs is 5. The number of pyridine rings is 2. The Morgan fingerprint density at radius 3 is 2.78 bits per heavy atom. The zero-order valence-corrected chi connectivity index (χ0v) is 20.8. The zero-order valence-electron chi connectivity index (χ0n) is 19.2. The molecule has 0 fully saturated rings. The van der Waals surface area contributed by atoms with Crippen molar-refractivity contribution in [2.45, 2.75) is 32.1 Å². The molecular weight excluding hydrogens is 526 g/mol. The molecule has 2 aromatic heterocycles. The fourth-order valence-electron chi connectivity index (χ4n) is 5.02. The minimum Gasteiger partial charge on any atom is -0.457 e. The van der Waals surface area contributed by atoms with Crippen molar-refractivity contribution in [1.82, 2.24) is 9.55 Å². The largest absolute Gasteiger partial charge is 0.457 e. The first kappa shape index (κ1) is 22.5. The number of esters is 2. The van der Waals surface area contributed by atoms with Crippen molar-refractivity contribution in [2.75, 3.05) is 5.73 Å². The normalized spacial score (nSPS) is 17.8. The molecule has 2 aliphatic rings. The lowest BCUT2D eigenvalue weighted by Crippen LogP contribution is -2.47. The quantitative estimate of drug-likeness (QED) is 0.265. The van der Waals surface area contributed by atoms with Gasteiger partial charge in [-0.2, -0.15) is 0 Å². The highest BCUT2D eigenvalue weighted by molar-refractivity contribution is 9.10. The van der Waals surface area contributed by atoms with Crippen molar-refractivity contribution in [1.29, 1.82) is 0 Å². The van der Waals surface area contributed by atoms with E-state index >= 15 is 0 Å². The molecule has 0 saturated carbocycles. The smallest absolute Gasteiger partial charge is 0.355 e. The van der Waals surface area contributed by atoms with Crippen molar-refractivity contribution in [3.8, 4) is 11.4 Å². The number of nitrogen functional groups attached to an aromatic ring is 1. The number of hydrogen-bond donors (Lipinski definition) is 1. The lowest BCUT2D eigenvalue weighted by Gasteiger charge is -2.35. The summed E-state index contributed by atoms with van der Waals surface area (Å²) in [5, 5.41) is 0.811. The van der Waals surface area contributed by atoms with Crippen LogP contribution in [0, 0.1) is 0 Å². The Labute approximate surface area is 213 Å². The van der Waals surface area contributed by atoms with Crippen LogP contribution < -0.4 is 11.3 Å². The Morgan fingerprint density at radius 1 is 1.19 bits per heavy atom. The van der Waals surface area contributed by atoms with Gasteiger partial charge in [0.2, 0.25) is 5.60 Å². The predicted molar refractivity (Wildman–Crippen MR) is 136 cm³/mol. The maximum Gasteiger partial charge on any atom is 0.355 e. The Kier molecular flexibility index (Phi) is 5.01. The van der Waals surface area contributed by atoms with Crippen molar-refractivity contribution in [3.63, 3.8) is 0 Å². The van der Waals surface area contributed by atoms with E-state index in [4.69, 9.17) is 20.2 Å². The molecule has 0 bridgehead atoms. The van der Waals surface area contributed by atoms with Gasteiger partial charge in [0, 0.05) is 26.7 Å². The maximum absolute atomic E-state index is 13.6. The third kappa shape index (κ3) is 3.12. The molecule has 2 N–H and O–H groups in total. The molecule has 0 aliphatic carbocycles. The van der Waals surface area contributed by atoms with Crippen molar-refractivity contribution >= 4 is 44.5 Å². The third-order valence-electron chi connectivity index (χ3n) is 6.91. The molecule has 4 aromatic rings. The van der Waals surface area contributed by atoms with E-state index in [1.165, 1.54) is 0 Å². The van der Waals surface area contributed by atoms with Gasteiger partial charge in [0.15, 0.2) is 0 Å². The van der Waals surface area contributed by atoms with Crippen LogP contribution in [-0.2, 0) is 33.0 Å². The minimum atomic E-state index is -1.77. The fraction of sp³-hybridized carbons (Fsp3) is 0.185. The number of benzene rings is 2. The number of nitrogens with two attached hydrogens (primary N) is 1. The molecule has 1 atom stereocenters. The van der Waals surface area contributed by atoms with E-state index in [2.05, 4.69) is 15.9 Å². The van der Waals surface area contributed by atoms with Crippen LogP contribution in [0.4, 0.5) is 5.69 Å². The van der Waals surface area contributed by atoms with Gasteiger partial charge in [-0.1, -0.05) is 25.1 Å². The summed E-state index contributed by atoms with van der Waals surface area (Å²) in [6.07, 6.45) is 0.0897. The van der Waals surface area contributed by atoms with Crippen LogP contribution in [0.15, 0.2) is 63.9 Å². The number of carbonyl (C=O) groups excluding carboxylic acids is 2. The van der Waals surface area contributed by atoms with Gasteiger partial charge in [0.1, 0.15) is 6.61 Å². The number of nitrogens with zero attached hydrogens (tertiary/aromatic N) is 2. The Hall–Kier alpha value is -3.98. The predicted octanol–water partition coefficient (Wildman–Crippen LogP) is 4.29. The van der Waals surface area contributed by atoms with Crippen LogP contribution in [0.3, 0.4) is 0 Å². The molecule has 180 valence electrons. The first-order valence-corrected chi connectivity index (χ1v) is 12.2. The number of cyclic esters (lactones) is 1. The van der Waals surface area contributed by atoms with Crippen molar-refractivity contribution in [3.05, 3.63) is 91.7 Å². The van der Waals surface area contributed by atoms with E-state index in [0.29, 0.717) is 39.2 Å². The van der Waals surface area contributed by atoms with E-state index < -0.39 is 17.5 Å². The molecule has 0 saturated heterocycles. The number of halogens is 1. The highest BCUT2D eigenvalue weighted by atomic mass is 79.9.